The Balaban J connectivity index is 1.05. The minimum Gasteiger partial charge on any atom is -0.456 e. The molecular weight excluding hydrogens is 717 g/mol. The zero-order chi connectivity index (χ0) is 37.5. The van der Waals surface area contributed by atoms with Crippen LogP contribution in [0.15, 0.2) is 190 Å². The topological polar surface area (TPSA) is 54.8 Å². The Morgan fingerprint density at radius 3 is 2.07 bits per heavy atom. The summed E-state index contributed by atoms with van der Waals surface area (Å²) in [5.41, 5.74) is 9.92. The first-order valence-electron chi connectivity index (χ1n) is 19.4. The molecule has 3 aromatic heterocycles. The third-order valence-electron chi connectivity index (χ3n) is 11.6. The molecule has 2 aliphatic rings. The molecule has 1 N–H and O–H groups in total. The maximum absolute atomic E-state index is 6.76. The van der Waals surface area contributed by atoms with E-state index in [2.05, 4.69) is 162 Å². The summed E-state index contributed by atoms with van der Waals surface area (Å²) in [6.07, 6.45) is 2.88. The van der Waals surface area contributed by atoms with E-state index in [1.807, 2.05) is 35.6 Å². The van der Waals surface area contributed by atoms with Crippen LogP contribution in [0.1, 0.15) is 45.8 Å². The van der Waals surface area contributed by atoms with Gasteiger partial charge >= 0.3 is 0 Å². The Kier molecular flexibility index (Phi) is 7.22. The molecule has 12 rings (SSSR count). The minimum atomic E-state index is -0.367. The quantitative estimate of drug-likeness (QED) is 0.190. The largest absolute Gasteiger partial charge is 0.456 e. The standard InChI is InChI=1S/C51H34N4OS/c1-3-13-31(14-4-1)49-52-50(32-15-5-2-6-16-32)54-51(53-49)34-23-25-37-36-17-7-10-20-43(36)55(44(37)28-34)35-29-40(48-42(30-35)38-18-8-11-21-45(38)56-48)33-24-26-47-41(27-33)39-19-9-12-22-46(39)57-47/h1-29,35,49H,30H2,(H,52,53,54). The van der Waals surface area contributed by atoms with E-state index in [1.54, 1.807) is 0 Å². The predicted molar refractivity (Wildman–Crippen MR) is 237 cm³/mol. The number of fused-ring (bicyclic) bond motifs is 9. The summed E-state index contributed by atoms with van der Waals surface area (Å²) >= 11 is 1.85. The van der Waals surface area contributed by atoms with Crippen LogP contribution < -0.4 is 5.32 Å². The number of thiophene rings is 1. The van der Waals surface area contributed by atoms with Gasteiger partial charge in [-0.2, -0.15) is 0 Å². The van der Waals surface area contributed by atoms with Crippen molar-refractivity contribution in [3.63, 3.8) is 0 Å². The van der Waals surface area contributed by atoms with Gasteiger partial charge in [-0.3, -0.25) is 0 Å². The Morgan fingerprint density at radius 1 is 0.544 bits per heavy atom. The summed E-state index contributed by atoms with van der Waals surface area (Å²) in [5, 5.41) is 9.83. The van der Waals surface area contributed by atoms with Crippen molar-refractivity contribution < 1.29 is 4.42 Å². The number of rotatable bonds is 5. The highest BCUT2D eigenvalue weighted by Gasteiger charge is 2.30. The number of aliphatic imine (C=N–C) groups is 2. The molecule has 4 heterocycles. The maximum Gasteiger partial charge on any atom is 0.169 e. The fourth-order valence-corrected chi connectivity index (χ4v) is 10.0. The second-order valence-corrected chi connectivity index (χ2v) is 16.0. The molecule has 2 unspecified atom stereocenters. The highest BCUT2D eigenvalue weighted by atomic mass is 32.1. The SMILES string of the molecule is C1=C(c2ccc3sc4ccccc4c3c2)c2oc3ccccc3c2CC1n1c2ccccc2c2ccc(C3=NC(c4ccccc4)N=C(c4ccccc4)N3)cc21. The average Bonchev–Trinajstić information content (AvgIpc) is 3.95. The van der Waals surface area contributed by atoms with E-state index >= 15 is 0 Å². The molecule has 0 fully saturated rings. The number of allylic oxidation sites excluding steroid dienone is 1. The van der Waals surface area contributed by atoms with Gasteiger partial charge in [-0.25, -0.2) is 9.98 Å². The van der Waals surface area contributed by atoms with Crippen LogP contribution in [0.5, 0.6) is 0 Å². The lowest BCUT2D eigenvalue weighted by atomic mass is 9.88. The number of para-hydroxylation sites is 2. The lowest BCUT2D eigenvalue weighted by Crippen LogP contribution is -2.36. The number of furan rings is 1. The maximum atomic E-state index is 6.76. The lowest BCUT2D eigenvalue weighted by molar-refractivity contribution is 0.567. The smallest absolute Gasteiger partial charge is 0.169 e. The number of nitrogens with zero attached hydrogens (tertiary/aromatic N) is 3. The molecule has 1 aliphatic heterocycles. The first-order chi connectivity index (χ1) is 28.2. The second-order valence-electron chi connectivity index (χ2n) is 14.9. The summed E-state index contributed by atoms with van der Waals surface area (Å²) in [6.45, 7) is 0. The van der Waals surface area contributed by atoms with E-state index in [9.17, 15) is 0 Å². The van der Waals surface area contributed by atoms with Gasteiger partial charge in [-0.05, 0) is 53.6 Å². The molecule has 0 amide bonds. The second kappa shape index (κ2) is 12.8. The number of hydrogen-bond donors (Lipinski definition) is 1. The van der Waals surface area contributed by atoms with Gasteiger partial charge in [0.2, 0.25) is 0 Å². The summed E-state index contributed by atoms with van der Waals surface area (Å²) < 4.78 is 11.9. The first-order valence-corrected chi connectivity index (χ1v) is 20.3. The number of benzene rings is 7. The first kappa shape index (κ1) is 32.2. The molecule has 270 valence electrons. The fourth-order valence-electron chi connectivity index (χ4n) is 8.96. The Morgan fingerprint density at radius 2 is 1.21 bits per heavy atom. The molecule has 2 atom stereocenters. The van der Waals surface area contributed by atoms with Crippen molar-refractivity contribution in [2.24, 2.45) is 9.98 Å². The van der Waals surface area contributed by atoms with Crippen molar-refractivity contribution in [1.82, 2.24) is 9.88 Å². The normalized spacial score (nSPS) is 16.8. The van der Waals surface area contributed by atoms with E-state index in [1.165, 1.54) is 47.4 Å². The zero-order valence-electron chi connectivity index (χ0n) is 30.8. The Hall–Kier alpha value is -7.02. The molecular formula is C51H34N4OS. The van der Waals surface area contributed by atoms with E-state index in [-0.39, 0.29) is 12.2 Å². The third-order valence-corrected chi connectivity index (χ3v) is 12.8. The van der Waals surface area contributed by atoms with Crippen molar-refractivity contribution in [3.8, 4) is 0 Å². The molecule has 1 aliphatic carbocycles. The molecule has 0 saturated carbocycles. The summed E-state index contributed by atoms with van der Waals surface area (Å²) in [5.74, 6) is 2.58. The van der Waals surface area contributed by atoms with Crippen LogP contribution in [0.4, 0.5) is 0 Å². The zero-order valence-corrected chi connectivity index (χ0v) is 31.6. The van der Waals surface area contributed by atoms with Gasteiger partial charge < -0.3 is 14.3 Å². The molecule has 57 heavy (non-hydrogen) atoms. The van der Waals surface area contributed by atoms with Crippen LogP contribution in [0.3, 0.4) is 0 Å². The molecule has 0 radical (unpaired) electrons. The van der Waals surface area contributed by atoms with Crippen LogP contribution in [-0.2, 0) is 6.42 Å². The number of amidine groups is 2. The molecule has 0 spiro atoms. The lowest BCUT2D eigenvalue weighted by Gasteiger charge is -2.25. The van der Waals surface area contributed by atoms with E-state index in [4.69, 9.17) is 14.4 Å². The molecule has 5 nitrogen and oxygen atoms in total. The van der Waals surface area contributed by atoms with Gasteiger partial charge in [0, 0.05) is 70.5 Å². The number of hydrogen-bond acceptors (Lipinski definition) is 5. The molecule has 10 aromatic rings. The highest BCUT2D eigenvalue weighted by Crippen LogP contribution is 2.45. The van der Waals surface area contributed by atoms with Crippen molar-refractivity contribution in [3.05, 3.63) is 210 Å². The van der Waals surface area contributed by atoms with Crippen LogP contribution in [0, 0.1) is 0 Å². The van der Waals surface area contributed by atoms with Gasteiger partial charge in [0.05, 0.1) is 11.6 Å². The Bertz CT molecular complexity index is 3310. The highest BCUT2D eigenvalue weighted by molar-refractivity contribution is 7.25. The Labute approximate surface area is 332 Å². The third kappa shape index (κ3) is 5.21. The predicted octanol–water partition coefficient (Wildman–Crippen LogP) is 12.6. The van der Waals surface area contributed by atoms with E-state index < -0.39 is 0 Å². The molecule has 0 bridgehead atoms. The van der Waals surface area contributed by atoms with Crippen molar-refractivity contribution >= 4 is 81.5 Å². The fraction of sp³-hybridized carbons (Fsp3) is 0.0588. The van der Waals surface area contributed by atoms with Crippen LogP contribution >= 0.6 is 11.3 Å². The number of aromatic nitrogens is 1. The molecule has 6 heteroatoms. The summed E-state index contributed by atoms with van der Waals surface area (Å²) in [6, 6.07) is 60.4. The average molecular weight is 751 g/mol. The van der Waals surface area contributed by atoms with Gasteiger partial charge in [0.25, 0.3) is 0 Å². The van der Waals surface area contributed by atoms with Gasteiger partial charge in [0.1, 0.15) is 23.0 Å². The summed E-state index contributed by atoms with van der Waals surface area (Å²) in [7, 11) is 0. The number of nitrogens with one attached hydrogen (secondary N) is 1. The molecule has 0 saturated heterocycles. The van der Waals surface area contributed by atoms with Gasteiger partial charge in [0.15, 0.2) is 6.17 Å². The van der Waals surface area contributed by atoms with Crippen molar-refractivity contribution in [2.75, 3.05) is 0 Å². The van der Waals surface area contributed by atoms with Gasteiger partial charge in [-0.1, -0.05) is 133 Å². The van der Waals surface area contributed by atoms with E-state index in [0.717, 1.165) is 62.8 Å². The van der Waals surface area contributed by atoms with Gasteiger partial charge in [-0.15, -0.1) is 11.3 Å². The van der Waals surface area contributed by atoms with Crippen LogP contribution in [0.25, 0.3) is 58.5 Å². The van der Waals surface area contributed by atoms with E-state index in [0.29, 0.717) is 0 Å². The van der Waals surface area contributed by atoms with Crippen molar-refractivity contribution in [1.29, 1.82) is 0 Å². The van der Waals surface area contributed by atoms with Crippen LogP contribution in [0.2, 0.25) is 0 Å². The van der Waals surface area contributed by atoms with Crippen LogP contribution in [-0.4, -0.2) is 16.2 Å². The minimum absolute atomic E-state index is 0.0147. The van der Waals surface area contributed by atoms with Crippen molar-refractivity contribution in [2.45, 2.75) is 18.6 Å². The molecule has 7 aromatic carbocycles. The summed E-state index contributed by atoms with van der Waals surface area (Å²) in [4.78, 5) is 10.3. The monoisotopic (exact) mass is 750 g/mol.